The zero-order valence-corrected chi connectivity index (χ0v) is 10.2. The maximum absolute atomic E-state index is 5.62. The minimum absolute atomic E-state index is 0.0527. The molecule has 3 heteroatoms. The lowest BCUT2D eigenvalue weighted by Gasteiger charge is -2.16. The third-order valence-electron chi connectivity index (χ3n) is 2.68. The van der Waals surface area contributed by atoms with Gasteiger partial charge >= 0.3 is 0 Å². The zero-order chi connectivity index (χ0) is 11.8. The van der Waals surface area contributed by atoms with Gasteiger partial charge in [-0.05, 0) is 18.7 Å². The van der Waals surface area contributed by atoms with Gasteiger partial charge in [-0.3, -0.25) is 0 Å². The first-order valence-corrected chi connectivity index (χ1v) is 5.70. The first kappa shape index (κ1) is 11.1. The smallest absolute Gasteiger partial charge is 0.118 e. The molecule has 0 aliphatic carbocycles. The number of hydrogen-bond donors (Lipinski definition) is 1. The molecule has 2 heterocycles. The molecule has 0 fully saturated rings. The Morgan fingerprint density at radius 1 is 1.31 bits per heavy atom. The van der Waals surface area contributed by atoms with E-state index in [0.29, 0.717) is 6.54 Å². The largest absolute Gasteiger partial charge is 0.330 e. The van der Waals surface area contributed by atoms with Crippen molar-refractivity contribution in [2.75, 3.05) is 6.54 Å². The van der Waals surface area contributed by atoms with Crippen molar-refractivity contribution in [3.63, 3.8) is 0 Å². The van der Waals surface area contributed by atoms with E-state index < -0.39 is 0 Å². The van der Waals surface area contributed by atoms with Crippen molar-refractivity contribution in [3.8, 4) is 0 Å². The molecule has 2 aromatic rings. The Hall–Kier alpha value is -1.35. The van der Waals surface area contributed by atoms with E-state index in [1.54, 1.807) is 0 Å². The molecule has 86 valence electrons. The highest BCUT2D eigenvalue weighted by Crippen LogP contribution is 2.24. The molecule has 2 rings (SSSR count). The highest BCUT2D eigenvalue weighted by molar-refractivity contribution is 5.54. The molecule has 0 unspecified atom stereocenters. The summed E-state index contributed by atoms with van der Waals surface area (Å²) in [7, 11) is 0. The lowest BCUT2D eigenvalue weighted by molar-refractivity contribution is 0.541. The molecule has 2 aromatic heterocycles. The van der Waals surface area contributed by atoms with E-state index in [2.05, 4.69) is 37.4 Å². The maximum Gasteiger partial charge on any atom is 0.118 e. The number of hydrogen-bond acceptors (Lipinski definition) is 2. The molecular formula is C13H19N3. The Morgan fingerprint density at radius 2 is 2.06 bits per heavy atom. The fraction of sp³-hybridized carbons (Fsp3) is 0.462. The second-order valence-electron chi connectivity index (χ2n) is 5.13. The predicted molar refractivity (Wildman–Crippen MR) is 66.7 cm³/mol. The number of pyridine rings is 1. The molecule has 0 radical (unpaired) electrons. The van der Waals surface area contributed by atoms with Crippen LogP contribution in [0.3, 0.4) is 0 Å². The molecule has 2 N–H and O–H groups in total. The fourth-order valence-electron chi connectivity index (χ4n) is 1.95. The summed E-state index contributed by atoms with van der Waals surface area (Å²) in [6.45, 7) is 7.19. The Bertz CT molecular complexity index is 491. The molecule has 0 aliphatic heterocycles. The quantitative estimate of drug-likeness (QED) is 0.837. The third-order valence-corrected chi connectivity index (χ3v) is 2.68. The fourth-order valence-corrected chi connectivity index (χ4v) is 1.95. The summed E-state index contributed by atoms with van der Waals surface area (Å²) in [6, 6.07) is 6.19. The van der Waals surface area contributed by atoms with Crippen molar-refractivity contribution in [3.05, 3.63) is 35.9 Å². The summed E-state index contributed by atoms with van der Waals surface area (Å²) in [4.78, 5) is 4.73. The van der Waals surface area contributed by atoms with Crippen molar-refractivity contribution in [1.29, 1.82) is 0 Å². The van der Waals surface area contributed by atoms with E-state index in [4.69, 9.17) is 10.7 Å². The second kappa shape index (κ2) is 3.91. The van der Waals surface area contributed by atoms with Gasteiger partial charge in [-0.1, -0.05) is 26.8 Å². The molecule has 0 bridgehead atoms. The number of fused-ring (bicyclic) bond motifs is 1. The van der Waals surface area contributed by atoms with Crippen LogP contribution in [0.5, 0.6) is 0 Å². The van der Waals surface area contributed by atoms with Crippen molar-refractivity contribution in [2.45, 2.75) is 32.6 Å². The minimum atomic E-state index is 0.0527. The van der Waals surface area contributed by atoms with Crippen LogP contribution in [0.1, 0.15) is 32.3 Å². The average molecular weight is 217 g/mol. The van der Waals surface area contributed by atoms with Crippen LogP contribution in [0.4, 0.5) is 0 Å². The zero-order valence-electron chi connectivity index (χ0n) is 10.2. The van der Waals surface area contributed by atoms with Gasteiger partial charge in [0.2, 0.25) is 0 Å². The predicted octanol–water partition coefficient (Wildman–Crippen LogP) is 2.13. The van der Waals surface area contributed by atoms with Gasteiger partial charge in [0.15, 0.2) is 0 Å². The van der Waals surface area contributed by atoms with Gasteiger partial charge in [0.05, 0.1) is 11.2 Å². The molecule has 0 saturated carbocycles. The Morgan fingerprint density at radius 3 is 2.69 bits per heavy atom. The van der Waals surface area contributed by atoms with E-state index in [1.165, 1.54) is 5.52 Å². The second-order valence-corrected chi connectivity index (χ2v) is 5.13. The first-order valence-electron chi connectivity index (χ1n) is 5.70. The molecule has 16 heavy (non-hydrogen) atoms. The standard InChI is InChI=1S/C13H19N3/c1-13(2,3)12-15-10(7-8-14)11-6-4-5-9-16(11)12/h4-6,9H,7-8,14H2,1-3H3. The van der Waals surface area contributed by atoms with E-state index in [0.717, 1.165) is 17.9 Å². The summed E-state index contributed by atoms with van der Waals surface area (Å²) in [5.41, 5.74) is 7.96. The normalized spacial score (nSPS) is 12.2. The molecule has 0 saturated heterocycles. The number of rotatable bonds is 2. The van der Waals surface area contributed by atoms with Crippen LogP contribution in [0.15, 0.2) is 24.4 Å². The van der Waals surface area contributed by atoms with Gasteiger partial charge in [-0.2, -0.15) is 0 Å². The van der Waals surface area contributed by atoms with Crippen LogP contribution in [-0.2, 0) is 11.8 Å². The summed E-state index contributed by atoms with van der Waals surface area (Å²) in [5.74, 6) is 1.10. The van der Waals surface area contributed by atoms with Crippen LogP contribution in [0.25, 0.3) is 5.52 Å². The summed E-state index contributed by atoms with van der Waals surface area (Å²) in [5, 5.41) is 0. The van der Waals surface area contributed by atoms with Gasteiger partial charge < -0.3 is 10.1 Å². The summed E-state index contributed by atoms with van der Waals surface area (Å²) >= 11 is 0. The van der Waals surface area contributed by atoms with Crippen LogP contribution >= 0.6 is 0 Å². The van der Waals surface area contributed by atoms with Gasteiger partial charge in [-0.25, -0.2) is 4.98 Å². The van der Waals surface area contributed by atoms with E-state index in [9.17, 15) is 0 Å². The number of nitrogens with zero attached hydrogens (tertiary/aromatic N) is 2. The summed E-state index contributed by atoms with van der Waals surface area (Å²) in [6.07, 6.45) is 2.91. The highest BCUT2D eigenvalue weighted by Gasteiger charge is 2.21. The van der Waals surface area contributed by atoms with Crippen LogP contribution < -0.4 is 5.73 Å². The molecule has 0 amide bonds. The van der Waals surface area contributed by atoms with E-state index in [1.807, 2.05) is 12.1 Å². The van der Waals surface area contributed by atoms with Crippen molar-refractivity contribution < 1.29 is 0 Å². The monoisotopic (exact) mass is 217 g/mol. The molecular weight excluding hydrogens is 198 g/mol. The Labute approximate surface area is 96.3 Å². The molecule has 0 spiro atoms. The molecule has 0 atom stereocenters. The van der Waals surface area contributed by atoms with Gasteiger partial charge in [0, 0.05) is 18.0 Å². The van der Waals surface area contributed by atoms with E-state index in [-0.39, 0.29) is 5.41 Å². The first-order chi connectivity index (χ1) is 7.54. The Kier molecular flexibility index (Phi) is 2.72. The topological polar surface area (TPSA) is 43.3 Å². The van der Waals surface area contributed by atoms with Crippen LogP contribution in [0, 0.1) is 0 Å². The third kappa shape index (κ3) is 1.83. The van der Waals surface area contributed by atoms with Crippen molar-refractivity contribution in [2.24, 2.45) is 5.73 Å². The average Bonchev–Trinajstić information content (AvgIpc) is 2.58. The van der Waals surface area contributed by atoms with Gasteiger partial charge in [0.1, 0.15) is 5.82 Å². The lowest BCUT2D eigenvalue weighted by Crippen LogP contribution is -2.15. The minimum Gasteiger partial charge on any atom is -0.330 e. The lowest BCUT2D eigenvalue weighted by atomic mass is 9.96. The van der Waals surface area contributed by atoms with E-state index >= 15 is 0 Å². The Balaban J connectivity index is 2.67. The highest BCUT2D eigenvalue weighted by atomic mass is 15.0. The maximum atomic E-state index is 5.62. The molecule has 3 nitrogen and oxygen atoms in total. The SMILES string of the molecule is CC(C)(C)c1nc(CCN)c2ccccn12. The molecule has 0 aliphatic rings. The molecule has 0 aromatic carbocycles. The number of nitrogens with two attached hydrogens (primary N) is 1. The van der Waals surface area contributed by atoms with Crippen LogP contribution in [0.2, 0.25) is 0 Å². The van der Waals surface area contributed by atoms with Gasteiger partial charge in [-0.15, -0.1) is 0 Å². The summed E-state index contributed by atoms with van der Waals surface area (Å²) < 4.78 is 2.17. The van der Waals surface area contributed by atoms with Crippen molar-refractivity contribution in [1.82, 2.24) is 9.38 Å². The number of imidazole rings is 1. The number of aromatic nitrogens is 2. The van der Waals surface area contributed by atoms with Crippen molar-refractivity contribution >= 4 is 5.52 Å². The van der Waals surface area contributed by atoms with Crippen LogP contribution in [-0.4, -0.2) is 15.9 Å². The van der Waals surface area contributed by atoms with Gasteiger partial charge in [0.25, 0.3) is 0 Å².